The van der Waals surface area contributed by atoms with Gasteiger partial charge in [-0.2, -0.15) is 10.1 Å². The molecule has 10 nitrogen and oxygen atoms in total. The number of fused-ring (bicyclic) bond motifs is 1. The van der Waals surface area contributed by atoms with Gasteiger partial charge in [-0.1, -0.05) is 0 Å². The second-order valence-electron chi connectivity index (χ2n) is 11.2. The number of nitrogens with one attached hydrogen (secondary N) is 3. The van der Waals surface area contributed by atoms with Crippen LogP contribution in [-0.2, 0) is 11.3 Å². The van der Waals surface area contributed by atoms with Gasteiger partial charge in [-0.15, -0.1) is 0 Å². The largest absolute Gasteiger partial charge is 0.497 e. The van der Waals surface area contributed by atoms with Crippen molar-refractivity contribution in [3.8, 4) is 5.75 Å². The summed E-state index contributed by atoms with van der Waals surface area (Å²) in [5.74, 6) is 1.82. The van der Waals surface area contributed by atoms with Crippen LogP contribution in [-0.4, -0.2) is 44.6 Å². The van der Waals surface area contributed by atoms with Crippen LogP contribution in [0.3, 0.4) is 0 Å². The van der Waals surface area contributed by atoms with Crippen LogP contribution in [0.15, 0.2) is 60.9 Å². The van der Waals surface area contributed by atoms with Gasteiger partial charge < -0.3 is 25.4 Å². The van der Waals surface area contributed by atoms with E-state index in [1.165, 1.54) is 0 Å². The minimum atomic E-state index is -0.490. The zero-order valence-electron chi connectivity index (χ0n) is 23.5. The van der Waals surface area contributed by atoms with Gasteiger partial charge in [0, 0.05) is 35.8 Å². The van der Waals surface area contributed by atoms with Crippen molar-refractivity contribution in [1.82, 2.24) is 25.1 Å². The number of carbonyl (C=O) groups is 1. The van der Waals surface area contributed by atoms with E-state index in [2.05, 4.69) is 26.0 Å². The quantitative estimate of drug-likeness (QED) is 0.234. The van der Waals surface area contributed by atoms with Gasteiger partial charge in [0.05, 0.1) is 18.7 Å². The summed E-state index contributed by atoms with van der Waals surface area (Å²) < 4.78 is 12.6. The van der Waals surface area contributed by atoms with E-state index in [4.69, 9.17) is 14.5 Å². The number of ether oxygens (including phenoxy) is 2. The molecule has 1 aliphatic rings. The molecule has 1 amide bonds. The lowest BCUT2D eigenvalue weighted by atomic mass is 9.86. The molecular weight excluding hydrogens is 506 g/mol. The Morgan fingerprint density at radius 2 is 1.55 bits per heavy atom. The van der Waals surface area contributed by atoms with Gasteiger partial charge in [0.25, 0.3) is 0 Å². The van der Waals surface area contributed by atoms with Crippen LogP contribution in [0.25, 0.3) is 11.0 Å². The molecule has 0 radical (unpaired) electrons. The molecule has 0 atom stereocenters. The van der Waals surface area contributed by atoms with Crippen LogP contribution in [0.4, 0.5) is 27.8 Å². The molecule has 1 fully saturated rings. The van der Waals surface area contributed by atoms with E-state index in [1.807, 2.05) is 80.2 Å². The van der Waals surface area contributed by atoms with Crippen LogP contribution >= 0.6 is 0 Å². The highest BCUT2D eigenvalue weighted by molar-refractivity contribution is 5.75. The van der Waals surface area contributed by atoms with Crippen molar-refractivity contribution in [2.45, 2.75) is 64.6 Å². The summed E-state index contributed by atoms with van der Waals surface area (Å²) >= 11 is 0. The Hall–Kier alpha value is -4.34. The van der Waals surface area contributed by atoms with Gasteiger partial charge in [0.2, 0.25) is 5.95 Å². The lowest BCUT2D eigenvalue weighted by Gasteiger charge is -2.30. The van der Waals surface area contributed by atoms with Gasteiger partial charge in [0.15, 0.2) is 5.65 Å². The van der Waals surface area contributed by atoms with Crippen molar-refractivity contribution >= 4 is 40.1 Å². The standard InChI is InChI=1S/C30H37N7O3/c1-30(2,3)40-29(38)35-25-7-5-20(6-8-25)19-37-27-21(18-32-37)17-31-28(36-27)34-24-11-9-22(10-12-24)33-23-13-15-26(39-4)16-14-23/h9-18,20,25,33H,5-8,19H2,1-4H3,(H,35,38)(H,31,34,36). The summed E-state index contributed by atoms with van der Waals surface area (Å²) in [6.45, 7) is 6.41. The van der Waals surface area contributed by atoms with Gasteiger partial charge >= 0.3 is 6.09 Å². The number of amides is 1. The van der Waals surface area contributed by atoms with Gasteiger partial charge in [-0.25, -0.2) is 14.5 Å². The number of carbonyl (C=O) groups excluding carboxylic acids is 1. The SMILES string of the molecule is COc1ccc(Nc2ccc(Nc3ncc4cnn(CC5CCC(NC(=O)OC(C)(C)C)CC5)c4n3)cc2)cc1. The number of hydrogen-bond acceptors (Lipinski definition) is 8. The molecule has 10 heteroatoms. The molecule has 1 aliphatic carbocycles. The number of methoxy groups -OCH3 is 1. The Kier molecular flexibility index (Phi) is 8.04. The molecule has 40 heavy (non-hydrogen) atoms. The van der Waals surface area contributed by atoms with Crippen molar-refractivity contribution in [1.29, 1.82) is 0 Å². The van der Waals surface area contributed by atoms with Gasteiger partial charge in [0.1, 0.15) is 11.4 Å². The Labute approximate surface area is 234 Å². The molecule has 210 valence electrons. The number of benzene rings is 2. The Bertz CT molecular complexity index is 1420. The fourth-order valence-corrected chi connectivity index (χ4v) is 4.88. The first-order chi connectivity index (χ1) is 19.2. The summed E-state index contributed by atoms with van der Waals surface area (Å²) in [6, 6.07) is 15.9. The highest BCUT2D eigenvalue weighted by atomic mass is 16.6. The molecule has 0 spiro atoms. The van der Waals surface area contributed by atoms with E-state index in [0.29, 0.717) is 11.9 Å². The Morgan fingerprint density at radius 1 is 0.925 bits per heavy atom. The molecule has 5 rings (SSSR count). The van der Waals surface area contributed by atoms with E-state index >= 15 is 0 Å². The molecular formula is C30H37N7O3. The minimum Gasteiger partial charge on any atom is -0.497 e. The van der Waals surface area contributed by atoms with Crippen molar-refractivity contribution in [3.05, 3.63) is 60.9 Å². The van der Waals surface area contributed by atoms with Crippen molar-refractivity contribution < 1.29 is 14.3 Å². The maximum Gasteiger partial charge on any atom is 0.407 e. The third-order valence-corrected chi connectivity index (χ3v) is 6.90. The van der Waals surface area contributed by atoms with Crippen LogP contribution in [0.2, 0.25) is 0 Å². The predicted octanol–water partition coefficient (Wildman–Crippen LogP) is 6.41. The van der Waals surface area contributed by atoms with Crippen LogP contribution in [0.5, 0.6) is 5.75 Å². The third-order valence-electron chi connectivity index (χ3n) is 6.90. The number of alkyl carbamates (subject to hydrolysis) is 1. The number of hydrogen-bond donors (Lipinski definition) is 3. The Balaban J connectivity index is 1.16. The first-order valence-corrected chi connectivity index (χ1v) is 13.7. The topological polar surface area (TPSA) is 115 Å². The minimum absolute atomic E-state index is 0.149. The normalized spacial score (nSPS) is 17.3. The third kappa shape index (κ3) is 7.19. The molecule has 3 N–H and O–H groups in total. The number of nitrogens with zero attached hydrogens (tertiary/aromatic N) is 4. The number of aromatic nitrogens is 4. The average molecular weight is 544 g/mol. The number of rotatable bonds is 8. The molecule has 4 aromatic rings. The smallest absolute Gasteiger partial charge is 0.407 e. The maximum absolute atomic E-state index is 12.1. The zero-order chi connectivity index (χ0) is 28.1. The fourth-order valence-electron chi connectivity index (χ4n) is 4.88. The van der Waals surface area contributed by atoms with Crippen molar-refractivity contribution in [3.63, 3.8) is 0 Å². The molecule has 0 aliphatic heterocycles. The molecule has 1 saturated carbocycles. The molecule has 0 bridgehead atoms. The number of anilines is 4. The average Bonchev–Trinajstić information content (AvgIpc) is 3.32. The van der Waals surface area contributed by atoms with Crippen LogP contribution in [0.1, 0.15) is 46.5 Å². The molecule has 2 aromatic heterocycles. The first kappa shape index (κ1) is 27.2. The van der Waals surface area contributed by atoms with Crippen molar-refractivity contribution in [2.24, 2.45) is 5.92 Å². The van der Waals surface area contributed by atoms with Crippen LogP contribution < -0.4 is 20.7 Å². The summed E-state index contributed by atoms with van der Waals surface area (Å²) in [4.78, 5) is 21.4. The van der Waals surface area contributed by atoms with E-state index in [-0.39, 0.29) is 12.1 Å². The summed E-state index contributed by atoms with van der Waals surface area (Å²) in [5.41, 5.74) is 3.17. The fraction of sp³-hybridized carbons (Fsp3) is 0.400. The predicted molar refractivity (Wildman–Crippen MR) is 156 cm³/mol. The molecule has 2 aromatic carbocycles. The Morgan fingerprint density at radius 3 is 2.17 bits per heavy atom. The van der Waals surface area contributed by atoms with Crippen LogP contribution in [0, 0.1) is 5.92 Å². The molecule has 2 heterocycles. The van der Waals surface area contributed by atoms with Gasteiger partial charge in [-0.05, 0) is 101 Å². The summed E-state index contributed by atoms with van der Waals surface area (Å²) in [6.07, 6.45) is 7.14. The van der Waals surface area contributed by atoms with E-state index in [9.17, 15) is 4.79 Å². The highest BCUT2D eigenvalue weighted by Crippen LogP contribution is 2.28. The summed E-state index contributed by atoms with van der Waals surface area (Å²) in [7, 11) is 1.66. The molecule has 0 unspecified atom stereocenters. The highest BCUT2D eigenvalue weighted by Gasteiger charge is 2.25. The second-order valence-corrected chi connectivity index (χ2v) is 11.2. The monoisotopic (exact) mass is 543 g/mol. The van der Waals surface area contributed by atoms with Crippen molar-refractivity contribution in [2.75, 3.05) is 17.7 Å². The zero-order valence-corrected chi connectivity index (χ0v) is 23.5. The summed E-state index contributed by atoms with van der Waals surface area (Å²) in [5, 5.41) is 15.2. The second kappa shape index (κ2) is 11.8. The molecule has 0 saturated heterocycles. The van der Waals surface area contributed by atoms with E-state index in [0.717, 1.165) is 66.1 Å². The van der Waals surface area contributed by atoms with E-state index in [1.54, 1.807) is 13.3 Å². The van der Waals surface area contributed by atoms with E-state index < -0.39 is 5.60 Å². The maximum atomic E-state index is 12.1. The lowest BCUT2D eigenvalue weighted by molar-refractivity contribution is 0.0486. The lowest BCUT2D eigenvalue weighted by Crippen LogP contribution is -2.41. The first-order valence-electron chi connectivity index (χ1n) is 13.7. The van der Waals surface area contributed by atoms with Gasteiger partial charge in [-0.3, -0.25) is 0 Å².